The molecule has 0 spiro atoms. The SMILES string of the molecule is C[C@]1(C#N)C[C@](O)(c2ncc(-c3ccc4nc5n(c4c3)[C@H]3CC5NC(=O)c4cccc(OC(F)F)c43)cc2F)C1. The van der Waals surface area contributed by atoms with E-state index in [0.717, 1.165) is 0 Å². The van der Waals surface area contributed by atoms with E-state index in [4.69, 9.17) is 9.72 Å². The van der Waals surface area contributed by atoms with Crippen molar-refractivity contribution in [1.29, 1.82) is 5.26 Å². The maximum Gasteiger partial charge on any atom is 0.387 e. The van der Waals surface area contributed by atoms with Crippen LogP contribution in [0.2, 0.25) is 0 Å². The van der Waals surface area contributed by atoms with Crippen molar-refractivity contribution in [3.63, 3.8) is 0 Å². The highest BCUT2D eigenvalue weighted by Gasteiger charge is 2.54. The Labute approximate surface area is 226 Å². The molecule has 1 saturated carbocycles. The Morgan fingerprint density at radius 3 is 2.75 bits per heavy atom. The monoisotopic (exact) mass is 545 g/mol. The Kier molecular flexibility index (Phi) is 5.10. The number of ether oxygens (including phenoxy) is 1. The molecule has 2 bridgehead atoms. The smallest absolute Gasteiger partial charge is 0.387 e. The number of halogens is 3. The zero-order valence-electron chi connectivity index (χ0n) is 21.2. The average molecular weight is 546 g/mol. The van der Waals surface area contributed by atoms with Crippen LogP contribution < -0.4 is 10.1 Å². The fraction of sp³-hybridized carbons (Fsp3) is 0.310. The van der Waals surface area contributed by atoms with E-state index in [1.807, 2.05) is 10.6 Å². The second-order valence-electron chi connectivity index (χ2n) is 11.0. The van der Waals surface area contributed by atoms with Gasteiger partial charge in [-0.3, -0.25) is 9.78 Å². The second-order valence-corrected chi connectivity index (χ2v) is 11.0. The number of pyridine rings is 1. The number of amides is 1. The van der Waals surface area contributed by atoms with Gasteiger partial charge < -0.3 is 19.7 Å². The number of hydrogen-bond acceptors (Lipinski definition) is 6. The molecule has 202 valence electrons. The largest absolute Gasteiger partial charge is 0.434 e. The van der Waals surface area contributed by atoms with Crippen LogP contribution >= 0.6 is 0 Å². The van der Waals surface area contributed by atoms with Crippen molar-refractivity contribution in [2.45, 2.75) is 50.5 Å². The molecule has 0 radical (unpaired) electrons. The minimum atomic E-state index is -3.06. The first-order chi connectivity index (χ1) is 19.1. The molecule has 4 aromatic rings. The lowest BCUT2D eigenvalue weighted by Crippen LogP contribution is -2.48. The lowest BCUT2D eigenvalue weighted by molar-refractivity contribution is -0.108. The number of nitriles is 1. The van der Waals surface area contributed by atoms with Gasteiger partial charge in [-0.2, -0.15) is 14.0 Å². The van der Waals surface area contributed by atoms with Gasteiger partial charge in [0.15, 0.2) is 0 Å². The van der Waals surface area contributed by atoms with Crippen molar-refractivity contribution < 1.29 is 27.8 Å². The number of nitrogens with one attached hydrogen (secondary N) is 1. The minimum Gasteiger partial charge on any atom is -0.434 e. The normalized spacial score (nSPS) is 26.5. The second kappa shape index (κ2) is 8.29. The van der Waals surface area contributed by atoms with Crippen molar-refractivity contribution in [1.82, 2.24) is 19.9 Å². The molecule has 0 saturated heterocycles. The van der Waals surface area contributed by atoms with E-state index in [2.05, 4.69) is 16.4 Å². The number of rotatable bonds is 4. The summed E-state index contributed by atoms with van der Waals surface area (Å²) in [7, 11) is 0. The van der Waals surface area contributed by atoms with E-state index in [1.165, 1.54) is 24.4 Å². The molecule has 1 fully saturated rings. The zero-order valence-corrected chi connectivity index (χ0v) is 21.2. The number of carbonyl (C=O) groups excluding carboxylic acids is 1. The molecule has 1 unspecified atom stereocenters. The maximum atomic E-state index is 15.2. The Morgan fingerprint density at radius 1 is 1.23 bits per heavy atom. The average Bonchev–Trinajstić information content (AvgIpc) is 3.39. The van der Waals surface area contributed by atoms with Gasteiger partial charge in [-0.05, 0) is 49.2 Å². The summed E-state index contributed by atoms with van der Waals surface area (Å²) in [6.07, 6.45) is 2.10. The van der Waals surface area contributed by atoms with E-state index in [-0.39, 0.29) is 35.8 Å². The third-order valence-corrected chi connectivity index (χ3v) is 8.21. The molecule has 2 aromatic heterocycles. The molecule has 3 aliphatic rings. The molecule has 40 heavy (non-hydrogen) atoms. The topological polar surface area (TPSA) is 113 Å². The van der Waals surface area contributed by atoms with Crippen LogP contribution in [0.15, 0.2) is 48.7 Å². The van der Waals surface area contributed by atoms with Gasteiger partial charge in [0.25, 0.3) is 5.91 Å². The first-order valence-electron chi connectivity index (χ1n) is 12.8. The highest BCUT2D eigenvalue weighted by molar-refractivity contribution is 5.98. The fourth-order valence-electron chi connectivity index (χ4n) is 6.61. The van der Waals surface area contributed by atoms with Gasteiger partial charge in [0.2, 0.25) is 0 Å². The van der Waals surface area contributed by atoms with E-state index < -0.39 is 35.5 Å². The molecule has 2 aromatic carbocycles. The van der Waals surface area contributed by atoms with Crippen molar-refractivity contribution in [2.75, 3.05) is 0 Å². The predicted molar refractivity (Wildman–Crippen MR) is 136 cm³/mol. The van der Waals surface area contributed by atoms with Gasteiger partial charge in [-0.1, -0.05) is 12.1 Å². The minimum absolute atomic E-state index is 0.0672. The van der Waals surface area contributed by atoms with Crippen LogP contribution in [0.25, 0.3) is 22.2 Å². The number of fused-ring (bicyclic) bond motifs is 9. The number of aliphatic hydroxyl groups is 1. The Balaban J connectivity index is 1.31. The van der Waals surface area contributed by atoms with Gasteiger partial charge in [0.05, 0.1) is 34.6 Å². The molecule has 8 nitrogen and oxygen atoms in total. The van der Waals surface area contributed by atoms with Gasteiger partial charge in [0.1, 0.15) is 28.7 Å². The third-order valence-electron chi connectivity index (χ3n) is 8.21. The summed E-state index contributed by atoms with van der Waals surface area (Å²) in [5.74, 6) is -0.528. The number of alkyl halides is 2. The van der Waals surface area contributed by atoms with Crippen LogP contribution in [0.5, 0.6) is 5.75 Å². The lowest BCUT2D eigenvalue weighted by Gasteiger charge is -2.46. The molecule has 7 rings (SSSR count). The van der Waals surface area contributed by atoms with Crippen molar-refractivity contribution in [3.05, 3.63) is 77.1 Å². The van der Waals surface area contributed by atoms with Crippen LogP contribution in [-0.2, 0) is 5.60 Å². The summed E-state index contributed by atoms with van der Waals surface area (Å²) in [4.78, 5) is 21.9. The molecule has 2 atom stereocenters. The van der Waals surface area contributed by atoms with E-state index >= 15 is 4.39 Å². The van der Waals surface area contributed by atoms with Crippen molar-refractivity contribution in [2.24, 2.45) is 5.41 Å². The summed E-state index contributed by atoms with van der Waals surface area (Å²) in [5.41, 5.74) is 0.746. The molecule has 1 aliphatic carbocycles. The maximum absolute atomic E-state index is 15.2. The lowest BCUT2D eigenvalue weighted by atomic mass is 9.59. The van der Waals surface area contributed by atoms with Crippen LogP contribution in [0.3, 0.4) is 0 Å². The highest BCUT2D eigenvalue weighted by atomic mass is 19.3. The molecular formula is C29H22F3N5O3. The highest BCUT2D eigenvalue weighted by Crippen LogP contribution is 2.53. The van der Waals surface area contributed by atoms with Crippen LogP contribution in [0.1, 0.15) is 65.7 Å². The number of imidazole rings is 1. The van der Waals surface area contributed by atoms with Gasteiger partial charge in [-0.15, -0.1) is 0 Å². The molecule has 11 heteroatoms. The number of aromatic nitrogens is 3. The standard InChI is InChI=1S/C29H22F3N5O3/c1-28(13-33)11-29(39,12-28)24-17(30)7-15(10-34-24)14-5-6-18-20(8-14)37-21-9-19(25(37)35-18)36-26(38)16-3-2-4-22(23(16)21)40-27(31)32/h2-8,10,19,21,27,39H,9,11-12H2,1H3,(H,36,38)/t19?,21-,28-,29+/m0/s1. The van der Waals surface area contributed by atoms with Crippen LogP contribution in [-0.4, -0.2) is 32.2 Å². The quantitative estimate of drug-likeness (QED) is 0.368. The van der Waals surface area contributed by atoms with Gasteiger partial charge in [0, 0.05) is 35.7 Å². The number of nitrogens with zero attached hydrogens (tertiary/aromatic N) is 4. The van der Waals surface area contributed by atoms with E-state index in [1.54, 1.807) is 25.1 Å². The summed E-state index contributed by atoms with van der Waals surface area (Å²) in [5, 5.41) is 23.1. The van der Waals surface area contributed by atoms with Gasteiger partial charge in [-0.25, -0.2) is 9.37 Å². The van der Waals surface area contributed by atoms with Crippen molar-refractivity contribution >= 4 is 16.9 Å². The Morgan fingerprint density at radius 2 is 2.02 bits per heavy atom. The first kappa shape index (κ1) is 24.6. The molecule has 1 amide bonds. The van der Waals surface area contributed by atoms with Gasteiger partial charge >= 0.3 is 6.61 Å². The Bertz CT molecular complexity index is 1770. The zero-order chi connectivity index (χ0) is 28.0. The van der Waals surface area contributed by atoms with E-state index in [9.17, 15) is 23.9 Å². The summed E-state index contributed by atoms with van der Waals surface area (Å²) in [6.45, 7) is -1.34. The van der Waals surface area contributed by atoms with Crippen LogP contribution in [0.4, 0.5) is 13.2 Å². The fourth-order valence-corrected chi connectivity index (χ4v) is 6.61. The third kappa shape index (κ3) is 3.52. The number of benzene rings is 2. The summed E-state index contributed by atoms with van der Waals surface area (Å²) in [6, 6.07) is 12.4. The molecule has 4 heterocycles. The molecular weight excluding hydrogens is 523 g/mol. The van der Waals surface area contributed by atoms with E-state index in [0.29, 0.717) is 40.0 Å². The molecule has 2 aliphatic heterocycles. The Hall–Kier alpha value is -4.43. The summed E-state index contributed by atoms with van der Waals surface area (Å²) < 4.78 is 48.5. The molecule has 2 N–H and O–H groups in total. The predicted octanol–water partition coefficient (Wildman–Crippen LogP) is 5.13. The first-order valence-corrected chi connectivity index (χ1v) is 12.8. The number of hydrogen-bond donors (Lipinski definition) is 2. The summed E-state index contributed by atoms with van der Waals surface area (Å²) >= 11 is 0. The number of carbonyl (C=O) groups is 1. The van der Waals surface area contributed by atoms with Crippen LogP contribution in [0, 0.1) is 22.6 Å². The van der Waals surface area contributed by atoms with Crippen molar-refractivity contribution in [3.8, 4) is 22.9 Å².